The van der Waals surface area contributed by atoms with Crippen LogP contribution in [0.25, 0.3) is 0 Å². The second-order valence-electron chi connectivity index (χ2n) is 7.07. The van der Waals surface area contributed by atoms with Gasteiger partial charge in [0.05, 0.1) is 0 Å². The molecular weight excluding hydrogens is 232 g/mol. The first-order chi connectivity index (χ1) is 9.25. The minimum atomic E-state index is 0.834. The second kappa shape index (κ2) is 8.26. The maximum Gasteiger partial charge on any atom is 0.00670 e. The first-order valence-electron chi connectivity index (χ1n) is 8.71. The van der Waals surface area contributed by atoms with E-state index in [1.54, 1.807) is 0 Å². The summed E-state index contributed by atoms with van der Waals surface area (Å²) < 4.78 is 0. The third-order valence-electron chi connectivity index (χ3n) is 5.26. The average molecular weight is 266 g/mol. The van der Waals surface area contributed by atoms with E-state index >= 15 is 0 Å². The van der Waals surface area contributed by atoms with E-state index in [4.69, 9.17) is 0 Å². The van der Waals surface area contributed by atoms with Crippen molar-refractivity contribution in [1.29, 1.82) is 0 Å². The summed E-state index contributed by atoms with van der Waals surface area (Å²) in [5.41, 5.74) is 0. The third kappa shape index (κ3) is 5.43. The zero-order valence-corrected chi connectivity index (χ0v) is 13.2. The lowest BCUT2D eigenvalue weighted by atomic mass is 9.87. The van der Waals surface area contributed by atoms with E-state index in [9.17, 15) is 0 Å². The van der Waals surface area contributed by atoms with Gasteiger partial charge in [-0.3, -0.25) is 0 Å². The smallest absolute Gasteiger partial charge is 0.00670 e. The van der Waals surface area contributed by atoms with Crippen molar-refractivity contribution in [1.82, 2.24) is 10.2 Å². The Morgan fingerprint density at radius 2 is 1.68 bits per heavy atom. The largest absolute Gasteiger partial charge is 0.314 e. The highest BCUT2D eigenvalue weighted by molar-refractivity contribution is 4.75. The summed E-state index contributed by atoms with van der Waals surface area (Å²) in [7, 11) is 0. The maximum atomic E-state index is 3.76. The number of hydrogen-bond acceptors (Lipinski definition) is 2. The van der Waals surface area contributed by atoms with Gasteiger partial charge in [-0.2, -0.15) is 0 Å². The Morgan fingerprint density at radius 1 is 1.00 bits per heavy atom. The molecule has 2 fully saturated rings. The standard InChI is InChI=1S/C17H34N2/c1-15(2)16-9-13-19(14-10-16)12-6-11-18-17-7-4-3-5-8-17/h15-18H,3-14H2,1-2H3. The molecule has 0 bridgehead atoms. The molecule has 1 saturated carbocycles. The highest BCUT2D eigenvalue weighted by Crippen LogP contribution is 2.24. The Bertz CT molecular complexity index is 225. The van der Waals surface area contributed by atoms with Gasteiger partial charge in [0.2, 0.25) is 0 Å². The fourth-order valence-corrected chi connectivity index (χ4v) is 3.76. The number of nitrogens with one attached hydrogen (secondary N) is 1. The van der Waals surface area contributed by atoms with E-state index in [0.717, 1.165) is 17.9 Å². The summed E-state index contributed by atoms with van der Waals surface area (Å²) >= 11 is 0. The van der Waals surface area contributed by atoms with E-state index < -0.39 is 0 Å². The highest BCUT2D eigenvalue weighted by Gasteiger charge is 2.21. The molecule has 1 aliphatic heterocycles. The molecule has 0 spiro atoms. The normalized spacial score (nSPS) is 24.2. The molecule has 1 heterocycles. The highest BCUT2D eigenvalue weighted by atomic mass is 15.1. The quantitative estimate of drug-likeness (QED) is 0.738. The van der Waals surface area contributed by atoms with Crippen molar-refractivity contribution in [2.45, 2.75) is 71.3 Å². The van der Waals surface area contributed by atoms with Crippen LogP contribution in [-0.4, -0.2) is 37.1 Å². The summed E-state index contributed by atoms with van der Waals surface area (Å²) in [6, 6.07) is 0.834. The van der Waals surface area contributed by atoms with Crippen LogP contribution in [0.15, 0.2) is 0 Å². The minimum absolute atomic E-state index is 0.834. The van der Waals surface area contributed by atoms with Crippen LogP contribution in [0.4, 0.5) is 0 Å². The number of nitrogens with zero attached hydrogens (tertiary/aromatic N) is 1. The van der Waals surface area contributed by atoms with Crippen LogP contribution in [0, 0.1) is 11.8 Å². The van der Waals surface area contributed by atoms with E-state index in [0.29, 0.717) is 0 Å². The van der Waals surface area contributed by atoms with Crippen molar-refractivity contribution in [3.05, 3.63) is 0 Å². The molecule has 2 rings (SSSR count). The van der Waals surface area contributed by atoms with Crippen LogP contribution in [0.5, 0.6) is 0 Å². The van der Waals surface area contributed by atoms with Gasteiger partial charge in [0.25, 0.3) is 0 Å². The molecule has 0 radical (unpaired) electrons. The van der Waals surface area contributed by atoms with Crippen molar-refractivity contribution < 1.29 is 0 Å². The molecule has 0 unspecified atom stereocenters. The molecule has 0 amide bonds. The molecule has 0 aromatic carbocycles. The van der Waals surface area contributed by atoms with E-state index in [-0.39, 0.29) is 0 Å². The molecule has 1 saturated heterocycles. The topological polar surface area (TPSA) is 15.3 Å². The fourth-order valence-electron chi connectivity index (χ4n) is 3.76. The SMILES string of the molecule is CC(C)C1CCN(CCCNC2CCCCC2)CC1. The van der Waals surface area contributed by atoms with Crippen molar-refractivity contribution >= 4 is 0 Å². The fraction of sp³-hybridized carbons (Fsp3) is 1.00. The lowest BCUT2D eigenvalue weighted by Crippen LogP contribution is -2.38. The predicted molar refractivity (Wildman–Crippen MR) is 83.5 cm³/mol. The number of piperidine rings is 1. The molecule has 1 aliphatic carbocycles. The molecule has 19 heavy (non-hydrogen) atoms. The van der Waals surface area contributed by atoms with E-state index in [1.165, 1.54) is 77.5 Å². The van der Waals surface area contributed by atoms with Gasteiger partial charge in [0.15, 0.2) is 0 Å². The van der Waals surface area contributed by atoms with E-state index in [1.807, 2.05) is 0 Å². The number of likely N-dealkylation sites (tertiary alicyclic amines) is 1. The Labute approximate surface area is 120 Å². The Hall–Kier alpha value is -0.0800. The van der Waals surface area contributed by atoms with Crippen molar-refractivity contribution in [3.63, 3.8) is 0 Å². The van der Waals surface area contributed by atoms with Crippen molar-refractivity contribution in [3.8, 4) is 0 Å². The lowest BCUT2D eigenvalue weighted by Gasteiger charge is -2.34. The van der Waals surface area contributed by atoms with Gasteiger partial charge in [-0.1, -0.05) is 33.1 Å². The summed E-state index contributed by atoms with van der Waals surface area (Å²) in [6.45, 7) is 9.99. The summed E-state index contributed by atoms with van der Waals surface area (Å²) in [5.74, 6) is 1.87. The monoisotopic (exact) mass is 266 g/mol. The van der Waals surface area contributed by atoms with Crippen LogP contribution >= 0.6 is 0 Å². The Morgan fingerprint density at radius 3 is 2.32 bits per heavy atom. The summed E-state index contributed by atoms with van der Waals surface area (Å²) in [4.78, 5) is 2.68. The first-order valence-corrected chi connectivity index (χ1v) is 8.71. The Balaban J connectivity index is 1.49. The molecule has 2 heteroatoms. The zero-order chi connectivity index (χ0) is 13.5. The molecule has 112 valence electrons. The molecule has 0 aromatic heterocycles. The summed E-state index contributed by atoms with van der Waals surface area (Å²) in [6.07, 6.45) is 11.4. The van der Waals surface area contributed by atoms with Gasteiger partial charge in [0.1, 0.15) is 0 Å². The first kappa shape index (κ1) is 15.3. The molecule has 2 nitrogen and oxygen atoms in total. The van der Waals surface area contributed by atoms with Crippen molar-refractivity contribution in [2.24, 2.45) is 11.8 Å². The maximum absolute atomic E-state index is 3.76. The van der Waals surface area contributed by atoms with Gasteiger partial charge in [-0.05, 0) is 70.1 Å². The van der Waals surface area contributed by atoms with E-state index in [2.05, 4.69) is 24.1 Å². The molecular formula is C17H34N2. The Kier molecular flexibility index (Phi) is 6.66. The van der Waals surface area contributed by atoms with Crippen LogP contribution in [-0.2, 0) is 0 Å². The molecule has 2 aliphatic rings. The molecule has 0 aromatic rings. The average Bonchev–Trinajstić information content (AvgIpc) is 2.45. The number of rotatable bonds is 6. The van der Waals surface area contributed by atoms with Crippen LogP contribution in [0.3, 0.4) is 0 Å². The van der Waals surface area contributed by atoms with Gasteiger partial charge >= 0.3 is 0 Å². The van der Waals surface area contributed by atoms with Crippen LogP contribution < -0.4 is 5.32 Å². The predicted octanol–water partition coefficient (Wildman–Crippen LogP) is 3.67. The minimum Gasteiger partial charge on any atom is -0.314 e. The van der Waals surface area contributed by atoms with Gasteiger partial charge < -0.3 is 10.2 Å². The van der Waals surface area contributed by atoms with Gasteiger partial charge in [0, 0.05) is 6.04 Å². The number of hydrogen-bond donors (Lipinski definition) is 1. The zero-order valence-electron chi connectivity index (χ0n) is 13.2. The van der Waals surface area contributed by atoms with Crippen LogP contribution in [0.1, 0.15) is 65.2 Å². The molecule has 1 N–H and O–H groups in total. The third-order valence-corrected chi connectivity index (χ3v) is 5.26. The van der Waals surface area contributed by atoms with Crippen LogP contribution in [0.2, 0.25) is 0 Å². The lowest BCUT2D eigenvalue weighted by molar-refractivity contribution is 0.156. The van der Waals surface area contributed by atoms with Gasteiger partial charge in [-0.15, -0.1) is 0 Å². The van der Waals surface area contributed by atoms with Crippen molar-refractivity contribution in [2.75, 3.05) is 26.2 Å². The summed E-state index contributed by atoms with van der Waals surface area (Å²) in [5, 5.41) is 3.76. The molecule has 0 atom stereocenters. The van der Waals surface area contributed by atoms with Gasteiger partial charge in [-0.25, -0.2) is 0 Å². The second-order valence-corrected chi connectivity index (χ2v) is 7.07.